The lowest BCUT2D eigenvalue weighted by atomic mass is 9.94. The smallest absolute Gasteiger partial charge is 0.0681 e. The molecule has 2 aliphatic carbocycles. The molecule has 0 heterocycles. The summed E-state index contributed by atoms with van der Waals surface area (Å²) in [6, 6.07) is 0.631. The minimum absolute atomic E-state index is 0.154. The molecule has 0 aliphatic heterocycles. The molecule has 2 atom stereocenters. The van der Waals surface area contributed by atoms with Crippen LogP contribution in [-0.4, -0.2) is 36.0 Å². The van der Waals surface area contributed by atoms with Crippen molar-refractivity contribution < 1.29 is 9.84 Å². The van der Waals surface area contributed by atoms with E-state index in [1.54, 1.807) is 0 Å². The second-order valence-electron chi connectivity index (χ2n) is 6.98. The van der Waals surface area contributed by atoms with Crippen LogP contribution in [0.1, 0.15) is 71.6 Å². The number of ether oxygens (including phenoxy) is 1. The van der Waals surface area contributed by atoms with Crippen molar-refractivity contribution in [3.8, 4) is 0 Å². The molecule has 0 aromatic carbocycles. The van der Waals surface area contributed by atoms with Crippen molar-refractivity contribution in [1.29, 1.82) is 0 Å². The molecule has 3 nitrogen and oxygen atoms in total. The van der Waals surface area contributed by atoms with E-state index in [0.717, 1.165) is 6.42 Å². The van der Waals surface area contributed by atoms with E-state index in [1.807, 2.05) is 0 Å². The number of nitrogens with one attached hydrogen (secondary N) is 1. The average Bonchev–Trinajstić information content (AvgIpc) is 3.32. The Balaban J connectivity index is 1.70. The molecule has 20 heavy (non-hydrogen) atoms. The molecule has 0 radical (unpaired) electrons. The van der Waals surface area contributed by atoms with Crippen LogP contribution in [0.25, 0.3) is 0 Å². The second-order valence-corrected chi connectivity index (χ2v) is 6.98. The van der Waals surface area contributed by atoms with Crippen molar-refractivity contribution in [2.45, 2.75) is 89.3 Å². The number of unbranched alkanes of at least 4 members (excludes halogenated alkanes) is 3. The highest BCUT2D eigenvalue weighted by atomic mass is 16.5. The molecule has 3 heteroatoms. The van der Waals surface area contributed by atoms with E-state index >= 15 is 0 Å². The van der Waals surface area contributed by atoms with Crippen LogP contribution >= 0.6 is 0 Å². The van der Waals surface area contributed by atoms with Crippen molar-refractivity contribution in [1.82, 2.24) is 5.32 Å². The normalized spacial score (nSPS) is 23.6. The third kappa shape index (κ3) is 5.01. The summed E-state index contributed by atoms with van der Waals surface area (Å²) in [6.45, 7) is 5.32. The minimum Gasteiger partial charge on any atom is -0.394 e. The van der Waals surface area contributed by atoms with Crippen molar-refractivity contribution >= 4 is 0 Å². The summed E-state index contributed by atoms with van der Waals surface area (Å²) < 4.78 is 6.09. The second kappa shape index (κ2) is 7.77. The molecule has 118 valence electrons. The van der Waals surface area contributed by atoms with Gasteiger partial charge in [0.2, 0.25) is 0 Å². The quantitative estimate of drug-likeness (QED) is 0.540. The Morgan fingerprint density at radius 1 is 1.20 bits per heavy atom. The summed E-state index contributed by atoms with van der Waals surface area (Å²) in [7, 11) is 0. The molecule has 2 rings (SSSR count). The molecular formula is C17H33NO2. The van der Waals surface area contributed by atoms with Gasteiger partial charge in [0, 0.05) is 6.04 Å². The fraction of sp³-hybridized carbons (Fsp3) is 1.00. The fourth-order valence-electron chi connectivity index (χ4n) is 3.00. The lowest BCUT2D eigenvalue weighted by Crippen LogP contribution is -2.55. The maximum absolute atomic E-state index is 9.88. The Labute approximate surface area is 124 Å². The SMILES string of the molecule is CCCCCCC(C)OCC(CO)(NC1CC1)C1CC1. The van der Waals surface area contributed by atoms with Crippen LogP contribution in [0, 0.1) is 5.92 Å². The molecule has 2 unspecified atom stereocenters. The van der Waals surface area contributed by atoms with Crippen LogP contribution in [0.15, 0.2) is 0 Å². The Morgan fingerprint density at radius 2 is 1.95 bits per heavy atom. The van der Waals surface area contributed by atoms with Gasteiger partial charge in [-0.15, -0.1) is 0 Å². The van der Waals surface area contributed by atoms with Gasteiger partial charge in [0.1, 0.15) is 0 Å². The van der Waals surface area contributed by atoms with E-state index in [2.05, 4.69) is 19.2 Å². The maximum Gasteiger partial charge on any atom is 0.0681 e. The first-order valence-electron chi connectivity index (χ1n) is 8.70. The highest BCUT2D eigenvalue weighted by Crippen LogP contribution is 2.41. The number of hydrogen-bond donors (Lipinski definition) is 2. The largest absolute Gasteiger partial charge is 0.394 e. The molecule has 0 spiro atoms. The van der Waals surface area contributed by atoms with Crippen molar-refractivity contribution in [2.24, 2.45) is 5.92 Å². The van der Waals surface area contributed by atoms with Crippen LogP contribution in [0.4, 0.5) is 0 Å². The zero-order valence-corrected chi connectivity index (χ0v) is 13.4. The number of aliphatic hydroxyl groups excluding tert-OH is 1. The van der Waals surface area contributed by atoms with Crippen LogP contribution in [-0.2, 0) is 4.74 Å². The van der Waals surface area contributed by atoms with Gasteiger partial charge in [-0.1, -0.05) is 32.6 Å². The van der Waals surface area contributed by atoms with Crippen LogP contribution < -0.4 is 5.32 Å². The summed E-state index contributed by atoms with van der Waals surface area (Å²) in [4.78, 5) is 0. The number of aliphatic hydroxyl groups is 1. The number of rotatable bonds is 12. The fourth-order valence-corrected chi connectivity index (χ4v) is 3.00. The Morgan fingerprint density at radius 3 is 2.50 bits per heavy atom. The Kier molecular flexibility index (Phi) is 6.31. The summed E-state index contributed by atoms with van der Waals surface area (Å²) in [6.07, 6.45) is 11.7. The topological polar surface area (TPSA) is 41.5 Å². The molecule has 2 saturated carbocycles. The van der Waals surface area contributed by atoms with E-state index in [9.17, 15) is 5.11 Å². The molecular weight excluding hydrogens is 250 g/mol. The first-order valence-corrected chi connectivity index (χ1v) is 8.70. The van der Waals surface area contributed by atoms with E-state index in [4.69, 9.17) is 4.74 Å². The van der Waals surface area contributed by atoms with E-state index in [1.165, 1.54) is 51.4 Å². The summed E-state index contributed by atoms with van der Waals surface area (Å²) >= 11 is 0. The predicted octanol–water partition coefficient (Wildman–Crippen LogP) is 3.26. The van der Waals surface area contributed by atoms with Crippen molar-refractivity contribution in [2.75, 3.05) is 13.2 Å². The van der Waals surface area contributed by atoms with Gasteiger partial charge >= 0.3 is 0 Å². The summed E-state index contributed by atoms with van der Waals surface area (Å²) in [5.41, 5.74) is -0.154. The predicted molar refractivity (Wildman–Crippen MR) is 82.9 cm³/mol. The van der Waals surface area contributed by atoms with Gasteiger partial charge in [0.05, 0.1) is 24.9 Å². The average molecular weight is 283 g/mol. The van der Waals surface area contributed by atoms with Crippen molar-refractivity contribution in [3.63, 3.8) is 0 Å². The van der Waals surface area contributed by atoms with Gasteiger partial charge in [-0.25, -0.2) is 0 Å². The summed E-state index contributed by atoms with van der Waals surface area (Å²) in [5, 5.41) is 13.6. The van der Waals surface area contributed by atoms with Gasteiger partial charge in [-0.05, 0) is 44.9 Å². The Bertz CT molecular complexity index is 276. The minimum atomic E-state index is -0.154. The first-order chi connectivity index (χ1) is 9.70. The maximum atomic E-state index is 9.88. The molecule has 0 saturated heterocycles. The van der Waals surface area contributed by atoms with E-state index in [0.29, 0.717) is 24.7 Å². The molecule has 0 aromatic rings. The monoisotopic (exact) mass is 283 g/mol. The zero-order chi connectivity index (χ0) is 14.4. The van der Waals surface area contributed by atoms with Gasteiger partial charge < -0.3 is 15.2 Å². The first kappa shape index (κ1) is 16.3. The summed E-state index contributed by atoms with van der Waals surface area (Å²) in [5.74, 6) is 0.625. The molecule has 0 bridgehead atoms. The van der Waals surface area contributed by atoms with Crippen LogP contribution in [0.2, 0.25) is 0 Å². The molecule has 0 aromatic heterocycles. The number of hydrogen-bond acceptors (Lipinski definition) is 3. The highest BCUT2D eigenvalue weighted by Gasteiger charge is 2.47. The van der Waals surface area contributed by atoms with Crippen molar-refractivity contribution in [3.05, 3.63) is 0 Å². The Hall–Kier alpha value is -0.120. The molecule has 0 amide bonds. The zero-order valence-electron chi connectivity index (χ0n) is 13.4. The molecule has 2 aliphatic rings. The van der Waals surface area contributed by atoms with E-state index < -0.39 is 0 Å². The van der Waals surface area contributed by atoms with Crippen LogP contribution in [0.3, 0.4) is 0 Å². The highest BCUT2D eigenvalue weighted by molar-refractivity contribution is 5.04. The molecule has 2 fully saturated rings. The third-order valence-electron chi connectivity index (χ3n) is 4.80. The van der Waals surface area contributed by atoms with Crippen LogP contribution in [0.5, 0.6) is 0 Å². The van der Waals surface area contributed by atoms with Gasteiger partial charge in [-0.2, -0.15) is 0 Å². The van der Waals surface area contributed by atoms with Gasteiger partial charge in [-0.3, -0.25) is 0 Å². The lowest BCUT2D eigenvalue weighted by Gasteiger charge is -2.34. The van der Waals surface area contributed by atoms with Gasteiger partial charge in [0.15, 0.2) is 0 Å². The van der Waals surface area contributed by atoms with Gasteiger partial charge in [0.25, 0.3) is 0 Å². The standard InChI is InChI=1S/C17H33NO2/c1-3-4-5-6-7-14(2)20-13-17(12-19,15-8-9-15)18-16-10-11-16/h14-16,18-19H,3-13H2,1-2H3. The van der Waals surface area contributed by atoms with E-state index in [-0.39, 0.29) is 12.1 Å². The molecule has 2 N–H and O–H groups in total. The lowest BCUT2D eigenvalue weighted by molar-refractivity contribution is -0.0157. The third-order valence-corrected chi connectivity index (χ3v) is 4.80.